The molecular formula is C17H24N2OS. The van der Waals surface area contributed by atoms with Crippen LogP contribution in [0, 0.1) is 0 Å². The van der Waals surface area contributed by atoms with Crippen LogP contribution < -0.4 is 5.32 Å². The summed E-state index contributed by atoms with van der Waals surface area (Å²) >= 11 is 1.71. The van der Waals surface area contributed by atoms with Gasteiger partial charge in [0.25, 0.3) is 0 Å². The van der Waals surface area contributed by atoms with E-state index >= 15 is 0 Å². The number of hydrogen-bond acceptors (Lipinski definition) is 4. The molecule has 0 aliphatic carbocycles. The molecule has 2 N–H and O–H groups in total. The van der Waals surface area contributed by atoms with Crippen LogP contribution in [0.4, 0.5) is 0 Å². The minimum Gasteiger partial charge on any atom is -0.395 e. The molecule has 21 heavy (non-hydrogen) atoms. The second kappa shape index (κ2) is 7.16. The standard InChI is InChI=1S/C17H24N2OS/c1-17(2,3)16-19-15(12-21-16)10-18-14(11-20)9-13-7-5-4-6-8-13/h4-8,12,14,18,20H,9-11H2,1-3H3/t14-/m1/s1. The Hall–Kier alpha value is -1.23. The van der Waals surface area contributed by atoms with Crippen molar-refractivity contribution in [2.75, 3.05) is 6.61 Å². The Morgan fingerprint density at radius 3 is 2.52 bits per heavy atom. The molecule has 1 aromatic carbocycles. The van der Waals surface area contributed by atoms with Crippen LogP contribution in [-0.4, -0.2) is 22.7 Å². The van der Waals surface area contributed by atoms with E-state index in [-0.39, 0.29) is 18.1 Å². The predicted octanol–water partition coefficient (Wildman–Crippen LogP) is 3.13. The number of thiazole rings is 1. The minimum atomic E-state index is 0.0622. The molecule has 0 fully saturated rings. The number of nitrogens with one attached hydrogen (secondary N) is 1. The molecule has 2 aromatic rings. The summed E-state index contributed by atoms with van der Waals surface area (Å²) in [5.41, 5.74) is 2.39. The molecule has 114 valence electrons. The first-order chi connectivity index (χ1) is 9.99. The van der Waals surface area contributed by atoms with Gasteiger partial charge in [0.2, 0.25) is 0 Å². The molecule has 0 aliphatic rings. The highest BCUT2D eigenvalue weighted by atomic mass is 32.1. The molecule has 3 nitrogen and oxygen atoms in total. The second-order valence-corrected chi connectivity index (χ2v) is 7.20. The lowest BCUT2D eigenvalue weighted by Crippen LogP contribution is -2.34. The highest BCUT2D eigenvalue weighted by Crippen LogP contribution is 2.25. The topological polar surface area (TPSA) is 45.2 Å². The number of hydrogen-bond donors (Lipinski definition) is 2. The summed E-state index contributed by atoms with van der Waals surface area (Å²) in [6, 6.07) is 10.3. The van der Waals surface area contributed by atoms with Gasteiger partial charge in [-0.05, 0) is 12.0 Å². The molecule has 2 rings (SSSR count). The molecule has 0 saturated carbocycles. The first kappa shape index (κ1) is 16.1. The van der Waals surface area contributed by atoms with Gasteiger partial charge in [-0.2, -0.15) is 0 Å². The van der Waals surface area contributed by atoms with Gasteiger partial charge in [0.15, 0.2) is 0 Å². The average Bonchev–Trinajstić information content (AvgIpc) is 2.93. The van der Waals surface area contributed by atoms with E-state index in [1.165, 1.54) is 5.56 Å². The molecule has 0 spiro atoms. The molecule has 0 saturated heterocycles. The lowest BCUT2D eigenvalue weighted by molar-refractivity contribution is 0.240. The van der Waals surface area contributed by atoms with Crippen LogP contribution in [0.1, 0.15) is 37.0 Å². The molecule has 0 amide bonds. The Bertz CT molecular complexity index is 545. The third-order valence-corrected chi connectivity index (χ3v) is 4.63. The minimum absolute atomic E-state index is 0.0622. The summed E-state index contributed by atoms with van der Waals surface area (Å²) in [6.45, 7) is 7.36. The lowest BCUT2D eigenvalue weighted by Gasteiger charge is -2.16. The molecule has 4 heteroatoms. The van der Waals surface area contributed by atoms with Crippen molar-refractivity contribution in [3.05, 3.63) is 52.0 Å². The summed E-state index contributed by atoms with van der Waals surface area (Å²) in [5.74, 6) is 0. The largest absolute Gasteiger partial charge is 0.395 e. The van der Waals surface area contributed by atoms with Crippen molar-refractivity contribution in [1.29, 1.82) is 0 Å². The first-order valence-corrected chi connectivity index (χ1v) is 8.20. The zero-order valence-corrected chi connectivity index (χ0v) is 13.8. The molecule has 0 bridgehead atoms. The zero-order chi connectivity index (χ0) is 15.3. The highest BCUT2D eigenvalue weighted by Gasteiger charge is 2.18. The predicted molar refractivity (Wildman–Crippen MR) is 88.7 cm³/mol. The lowest BCUT2D eigenvalue weighted by atomic mass is 9.98. The average molecular weight is 304 g/mol. The summed E-state index contributed by atoms with van der Waals surface area (Å²) in [6.07, 6.45) is 0.827. The van der Waals surface area contributed by atoms with E-state index in [2.05, 4.69) is 48.6 Å². The van der Waals surface area contributed by atoms with Crippen LogP contribution in [0.5, 0.6) is 0 Å². The van der Waals surface area contributed by atoms with Crippen molar-refractivity contribution in [2.45, 2.75) is 45.2 Å². The quantitative estimate of drug-likeness (QED) is 0.862. The summed E-state index contributed by atoms with van der Waals surface area (Å²) in [5, 5.41) is 16.2. The van der Waals surface area contributed by atoms with Crippen LogP contribution in [0.25, 0.3) is 0 Å². The van der Waals surface area contributed by atoms with Crippen LogP contribution in [0.2, 0.25) is 0 Å². The molecule has 1 aromatic heterocycles. The first-order valence-electron chi connectivity index (χ1n) is 7.32. The van der Waals surface area contributed by atoms with Crippen LogP contribution in [0.15, 0.2) is 35.7 Å². The smallest absolute Gasteiger partial charge is 0.0982 e. The van der Waals surface area contributed by atoms with Gasteiger partial charge in [0.1, 0.15) is 0 Å². The van der Waals surface area contributed by atoms with Crippen molar-refractivity contribution in [1.82, 2.24) is 10.3 Å². The summed E-state index contributed by atoms with van der Waals surface area (Å²) in [7, 11) is 0. The maximum atomic E-state index is 9.52. The molecule has 1 heterocycles. The summed E-state index contributed by atoms with van der Waals surface area (Å²) in [4.78, 5) is 4.67. The van der Waals surface area contributed by atoms with Crippen molar-refractivity contribution < 1.29 is 5.11 Å². The van der Waals surface area contributed by atoms with E-state index in [0.29, 0.717) is 6.54 Å². The number of benzene rings is 1. The number of aliphatic hydroxyl groups excluding tert-OH is 1. The maximum Gasteiger partial charge on any atom is 0.0982 e. The van der Waals surface area contributed by atoms with E-state index in [0.717, 1.165) is 17.1 Å². The molecule has 0 aliphatic heterocycles. The van der Waals surface area contributed by atoms with Crippen LogP contribution >= 0.6 is 11.3 Å². The van der Waals surface area contributed by atoms with Gasteiger partial charge in [-0.1, -0.05) is 51.1 Å². The number of nitrogens with zero attached hydrogens (tertiary/aromatic N) is 1. The number of rotatable bonds is 6. The van der Waals surface area contributed by atoms with E-state index in [9.17, 15) is 5.11 Å². The van der Waals surface area contributed by atoms with Crippen molar-refractivity contribution >= 4 is 11.3 Å². The highest BCUT2D eigenvalue weighted by molar-refractivity contribution is 7.09. The Morgan fingerprint density at radius 1 is 1.24 bits per heavy atom. The molecular weight excluding hydrogens is 280 g/mol. The van der Waals surface area contributed by atoms with Gasteiger partial charge in [0.05, 0.1) is 17.3 Å². The fourth-order valence-corrected chi connectivity index (χ4v) is 2.99. The molecule has 0 radical (unpaired) electrons. The Labute approximate surface area is 131 Å². The summed E-state index contributed by atoms with van der Waals surface area (Å²) < 4.78 is 0. The monoisotopic (exact) mass is 304 g/mol. The van der Waals surface area contributed by atoms with Gasteiger partial charge >= 0.3 is 0 Å². The van der Waals surface area contributed by atoms with Crippen molar-refractivity contribution in [3.8, 4) is 0 Å². The third-order valence-electron chi connectivity index (χ3n) is 3.31. The van der Waals surface area contributed by atoms with Crippen molar-refractivity contribution in [2.24, 2.45) is 0 Å². The third kappa shape index (κ3) is 4.92. The fourth-order valence-electron chi connectivity index (χ4n) is 2.08. The Kier molecular flexibility index (Phi) is 5.51. The van der Waals surface area contributed by atoms with E-state index in [4.69, 9.17) is 0 Å². The SMILES string of the molecule is CC(C)(C)c1nc(CN[C@@H](CO)Cc2ccccc2)cs1. The van der Waals surface area contributed by atoms with Gasteiger partial charge in [-0.15, -0.1) is 11.3 Å². The number of aliphatic hydroxyl groups is 1. The van der Waals surface area contributed by atoms with E-state index < -0.39 is 0 Å². The molecule has 1 atom stereocenters. The van der Waals surface area contributed by atoms with Crippen molar-refractivity contribution in [3.63, 3.8) is 0 Å². The Morgan fingerprint density at radius 2 is 1.95 bits per heavy atom. The fraction of sp³-hybridized carbons (Fsp3) is 0.471. The zero-order valence-electron chi connectivity index (χ0n) is 13.0. The van der Waals surface area contributed by atoms with Crippen LogP contribution in [-0.2, 0) is 18.4 Å². The molecule has 0 unspecified atom stereocenters. The van der Waals surface area contributed by atoms with E-state index in [1.807, 2.05) is 18.2 Å². The van der Waals surface area contributed by atoms with Crippen LogP contribution in [0.3, 0.4) is 0 Å². The van der Waals surface area contributed by atoms with Gasteiger partial charge < -0.3 is 10.4 Å². The maximum absolute atomic E-state index is 9.52. The van der Waals surface area contributed by atoms with Gasteiger partial charge in [-0.25, -0.2) is 4.98 Å². The number of aromatic nitrogens is 1. The van der Waals surface area contributed by atoms with Gasteiger partial charge in [0, 0.05) is 23.4 Å². The second-order valence-electron chi connectivity index (χ2n) is 6.34. The normalized spacial score (nSPS) is 13.3. The van der Waals surface area contributed by atoms with E-state index in [1.54, 1.807) is 11.3 Å². The van der Waals surface area contributed by atoms with Gasteiger partial charge in [-0.3, -0.25) is 0 Å². The Balaban J connectivity index is 1.90.